The minimum atomic E-state index is -3.65. The average molecular weight is 358 g/mol. The van der Waals surface area contributed by atoms with Crippen LogP contribution in [0.3, 0.4) is 0 Å². The number of sulfonamides is 1. The Morgan fingerprint density at radius 3 is 2.48 bits per heavy atom. The third-order valence-electron chi connectivity index (χ3n) is 3.66. The Balaban J connectivity index is 1.66. The van der Waals surface area contributed by atoms with Crippen LogP contribution in [0.2, 0.25) is 0 Å². The molecule has 0 aliphatic rings. The predicted octanol–water partition coefficient (Wildman–Crippen LogP) is 1.81. The first-order chi connectivity index (χ1) is 12.1. The molecule has 1 N–H and O–H groups in total. The van der Waals surface area contributed by atoms with E-state index >= 15 is 0 Å². The number of nitrogens with zero attached hydrogens (tertiary/aromatic N) is 3. The molecule has 0 unspecified atom stereocenters. The second-order valence-electron chi connectivity index (χ2n) is 5.38. The van der Waals surface area contributed by atoms with Crippen LogP contribution in [-0.2, 0) is 23.1 Å². The van der Waals surface area contributed by atoms with Crippen LogP contribution in [0.25, 0.3) is 0 Å². The third kappa shape index (κ3) is 4.23. The first-order valence-corrected chi connectivity index (χ1v) is 9.10. The molecule has 0 aliphatic heterocycles. The van der Waals surface area contributed by atoms with E-state index in [1.165, 1.54) is 19.5 Å². The summed E-state index contributed by atoms with van der Waals surface area (Å²) >= 11 is 0. The number of aromatic nitrogens is 3. The van der Waals surface area contributed by atoms with Crippen molar-refractivity contribution in [3.05, 3.63) is 72.3 Å². The molecule has 0 radical (unpaired) electrons. The van der Waals surface area contributed by atoms with E-state index in [4.69, 9.17) is 4.74 Å². The molecule has 25 heavy (non-hydrogen) atoms. The average Bonchev–Trinajstić information content (AvgIpc) is 3.14. The lowest BCUT2D eigenvalue weighted by Crippen LogP contribution is -2.23. The zero-order chi connectivity index (χ0) is 17.7. The maximum Gasteiger partial charge on any atom is 0.244 e. The zero-order valence-corrected chi connectivity index (χ0v) is 14.5. The fourth-order valence-corrected chi connectivity index (χ4v) is 3.55. The molecule has 0 saturated heterocycles. The lowest BCUT2D eigenvalue weighted by molar-refractivity contribution is 0.402. The lowest BCUT2D eigenvalue weighted by atomic mass is 10.1. The van der Waals surface area contributed by atoms with Crippen LogP contribution in [-0.4, -0.2) is 30.3 Å². The molecule has 0 saturated carbocycles. The summed E-state index contributed by atoms with van der Waals surface area (Å²) in [6, 6.07) is 14.2. The summed E-state index contributed by atoms with van der Waals surface area (Å²) in [7, 11) is -2.20. The molecule has 0 bridgehead atoms. The molecule has 0 fully saturated rings. The summed E-state index contributed by atoms with van der Waals surface area (Å²) < 4.78 is 34.3. The van der Waals surface area contributed by atoms with Gasteiger partial charge in [-0.2, -0.15) is 5.10 Å². The Labute approximate surface area is 146 Å². The van der Waals surface area contributed by atoms with Gasteiger partial charge >= 0.3 is 0 Å². The van der Waals surface area contributed by atoms with Gasteiger partial charge in [-0.1, -0.05) is 36.4 Å². The number of nitrogens with one attached hydrogen (secondary N) is 1. The van der Waals surface area contributed by atoms with Crippen molar-refractivity contribution in [3.8, 4) is 5.75 Å². The van der Waals surface area contributed by atoms with E-state index in [1.807, 2.05) is 24.3 Å². The van der Waals surface area contributed by atoms with Gasteiger partial charge < -0.3 is 4.74 Å². The molecule has 1 heterocycles. The van der Waals surface area contributed by atoms with Crippen molar-refractivity contribution in [2.24, 2.45) is 0 Å². The van der Waals surface area contributed by atoms with Crippen molar-refractivity contribution in [1.29, 1.82) is 0 Å². The fourth-order valence-electron chi connectivity index (χ4n) is 2.36. The molecule has 8 heteroatoms. The minimum absolute atomic E-state index is 0.125. The Morgan fingerprint density at radius 1 is 1.08 bits per heavy atom. The van der Waals surface area contributed by atoms with Gasteiger partial charge in [-0.05, 0) is 23.3 Å². The molecule has 3 aromatic rings. The van der Waals surface area contributed by atoms with E-state index in [2.05, 4.69) is 14.8 Å². The van der Waals surface area contributed by atoms with Crippen molar-refractivity contribution in [3.63, 3.8) is 0 Å². The fraction of sp³-hybridized carbons (Fsp3) is 0.176. The number of para-hydroxylation sites is 1. The molecule has 0 amide bonds. The lowest BCUT2D eigenvalue weighted by Gasteiger charge is -2.11. The van der Waals surface area contributed by atoms with Gasteiger partial charge in [0, 0.05) is 6.54 Å². The van der Waals surface area contributed by atoms with Crippen LogP contribution in [0.4, 0.5) is 0 Å². The smallest absolute Gasteiger partial charge is 0.244 e. The first-order valence-electron chi connectivity index (χ1n) is 7.61. The van der Waals surface area contributed by atoms with Gasteiger partial charge in [-0.25, -0.2) is 22.8 Å². The summed E-state index contributed by atoms with van der Waals surface area (Å²) in [5.41, 5.74) is 1.92. The van der Waals surface area contributed by atoms with Crippen LogP contribution >= 0.6 is 0 Å². The molecule has 0 spiro atoms. The Kier molecular flexibility index (Phi) is 5.11. The number of hydrogen-bond acceptors (Lipinski definition) is 5. The van der Waals surface area contributed by atoms with Crippen molar-refractivity contribution in [2.45, 2.75) is 18.0 Å². The molecule has 7 nitrogen and oxygen atoms in total. The molecule has 0 aliphatic carbocycles. The summed E-state index contributed by atoms with van der Waals surface area (Å²) in [5, 5.41) is 4.05. The van der Waals surface area contributed by atoms with Crippen LogP contribution in [0.15, 0.2) is 66.1 Å². The summed E-state index contributed by atoms with van der Waals surface area (Å²) in [4.78, 5) is 4.03. The van der Waals surface area contributed by atoms with Crippen molar-refractivity contribution in [1.82, 2.24) is 19.5 Å². The highest BCUT2D eigenvalue weighted by Gasteiger charge is 2.18. The molecule has 1 aromatic heterocycles. The van der Waals surface area contributed by atoms with Gasteiger partial charge in [0.25, 0.3) is 0 Å². The summed E-state index contributed by atoms with van der Waals surface area (Å²) in [6.45, 7) is 0.817. The number of hydrogen-bond donors (Lipinski definition) is 1. The Morgan fingerprint density at radius 2 is 1.80 bits per heavy atom. The summed E-state index contributed by atoms with van der Waals surface area (Å²) in [6.07, 6.45) is 3.14. The van der Waals surface area contributed by atoms with E-state index in [1.54, 1.807) is 29.2 Å². The van der Waals surface area contributed by atoms with Crippen molar-refractivity contribution < 1.29 is 13.2 Å². The zero-order valence-electron chi connectivity index (χ0n) is 13.7. The second kappa shape index (κ2) is 7.45. The van der Waals surface area contributed by atoms with E-state index in [-0.39, 0.29) is 11.4 Å². The predicted molar refractivity (Wildman–Crippen MR) is 92.6 cm³/mol. The second-order valence-corrected chi connectivity index (χ2v) is 7.12. The first kappa shape index (κ1) is 17.1. The van der Waals surface area contributed by atoms with Gasteiger partial charge in [-0.15, -0.1) is 0 Å². The number of ether oxygens (including phenoxy) is 1. The highest BCUT2D eigenvalue weighted by atomic mass is 32.2. The Bertz CT molecular complexity index is 923. The van der Waals surface area contributed by atoms with E-state index in [9.17, 15) is 8.42 Å². The monoisotopic (exact) mass is 358 g/mol. The van der Waals surface area contributed by atoms with Gasteiger partial charge in [0.2, 0.25) is 10.0 Å². The maximum absolute atomic E-state index is 12.5. The SMILES string of the molecule is COc1ccccc1S(=O)(=O)NCc1ccc(Cn2cncn2)cc1. The van der Waals surface area contributed by atoms with Crippen LogP contribution < -0.4 is 9.46 Å². The van der Waals surface area contributed by atoms with Crippen molar-refractivity contribution >= 4 is 10.0 Å². The van der Waals surface area contributed by atoms with Gasteiger partial charge in [0.15, 0.2) is 0 Å². The number of methoxy groups -OCH3 is 1. The normalized spacial score (nSPS) is 11.4. The molecule has 2 aromatic carbocycles. The van der Waals surface area contributed by atoms with Crippen LogP contribution in [0.5, 0.6) is 5.75 Å². The summed E-state index contributed by atoms with van der Waals surface area (Å²) in [5.74, 6) is 0.318. The van der Waals surface area contributed by atoms with E-state index in [0.29, 0.717) is 12.3 Å². The molecule has 3 rings (SSSR count). The topological polar surface area (TPSA) is 86.1 Å². The van der Waals surface area contributed by atoms with Gasteiger partial charge in [-0.3, -0.25) is 0 Å². The molecule has 130 valence electrons. The standard InChI is InChI=1S/C17H18N4O3S/c1-24-16-4-2-3-5-17(16)25(22,23)20-10-14-6-8-15(9-7-14)11-21-13-18-12-19-21/h2-9,12-13,20H,10-11H2,1H3. The third-order valence-corrected chi connectivity index (χ3v) is 5.10. The van der Waals surface area contributed by atoms with Crippen molar-refractivity contribution in [2.75, 3.05) is 7.11 Å². The number of rotatable bonds is 7. The van der Waals surface area contributed by atoms with E-state index < -0.39 is 10.0 Å². The van der Waals surface area contributed by atoms with E-state index in [0.717, 1.165) is 11.1 Å². The largest absolute Gasteiger partial charge is 0.495 e. The maximum atomic E-state index is 12.5. The molecule has 0 atom stereocenters. The molecular weight excluding hydrogens is 340 g/mol. The van der Waals surface area contributed by atoms with Crippen LogP contribution in [0, 0.1) is 0 Å². The number of benzene rings is 2. The molecular formula is C17H18N4O3S. The van der Waals surface area contributed by atoms with Gasteiger partial charge in [0.1, 0.15) is 23.3 Å². The Hall–Kier alpha value is -2.71. The van der Waals surface area contributed by atoms with Crippen LogP contribution in [0.1, 0.15) is 11.1 Å². The quantitative estimate of drug-likeness (QED) is 0.696. The van der Waals surface area contributed by atoms with Gasteiger partial charge in [0.05, 0.1) is 13.7 Å². The highest BCUT2D eigenvalue weighted by molar-refractivity contribution is 7.89. The minimum Gasteiger partial charge on any atom is -0.495 e. The highest BCUT2D eigenvalue weighted by Crippen LogP contribution is 2.22.